The van der Waals surface area contributed by atoms with Gasteiger partial charge in [-0.1, -0.05) is 72.6 Å². The van der Waals surface area contributed by atoms with Crippen LogP contribution in [-0.2, 0) is 23.2 Å². The van der Waals surface area contributed by atoms with Crippen molar-refractivity contribution in [3.63, 3.8) is 0 Å². The first kappa shape index (κ1) is 22.7. The van der Waals surface area contributed by atoms with Crippen LogP contribution in [0.1, 0.15) is 42.4 Å². The second kappa shape index (κ2) is 9.26. The monoisotopic (exact) mass is 471 g/mol. The van der Waals surface area contributed by atoms with E-state index < -0.39 is 0 Å². The van der Waals surface area contributed by atoms with Crippen LogP contribution in [0.25, 0.3) is 11.3 Å². The molecule has 1 fully saturated rings. The van der Waals surface area contributed by atoms with Crippen molar-refractivity contribution in [2.24, 2.45) is 0 Å². The first-order valence-electron chi connectivity index (χ1n) is 11.8. The van der Waals surface area contributed by atoms with Crippen molar-refractivity contribution in [2.45, 2.75) is 56.1 Å². The number of hydrogen-bond acceptors (Lipinski definition) is 4. The number of nitrogens with one attached hydrogen (secondary N) is 1. The Labute approximate surface area is 204 Å². The minimum Gasteiger partial charge on any atom is -0.325 e. The number of aromatic nitrogens is 2. The van der Waals surface area contributed by atoms with E-state index >= 15 is 0 Å². The average molecular weight is 472 g/mol. The average Bonchev–Trinajstić information content (AvgIpc) is 3.29. The molecule has 34 heavy (non-hydrogen) atoms. The second-order valence-electron chi connectivity index (χ2n) is 9.35. The molecule has 3 aromatic rings. The molecule has 2 aliphatic carbocycles. The lowest BCUT2D eigenvalue weighted by molar-refractivity contribution is -0.113. The number of carbonyl (C=O) groups excluding carboxylic acids is 1. The summed E-state index contributed by atoms with van der Waals surface area (Å²) in [5, 5.41) is 3.49. The Morgan fingerprint density at radius 3 is 2.65 bits per heavy atom. The molecule has 1 heterocycles. The van der Waals surface area contributed by atoms with E-state index in [2.05, 4.69) is 30.1 Å². The van der Waals surface area contributed by atoms with Gasteiger partial charge >= 0.3 is 0 Å². The van der Waals surface area contributed by atoms with E-state index in [0.717, 1.165) is 60.2 Å². The van der Waals surface area contributed by atoms with Crippen molar-refractivity contribution < 1.29 is 4.79 Å². The van der Waals surface area contributed by atoms with Crippen LogP contribution in [0.5, 0.6) is 0 Å². The predicted octanol–water partition coefficient (Wildman–Crippen LogP) is 5.50. The minimum atomic E-state index is -0.136. The van der Waals surface area contributed by atoms with Gasteiger partial charge in [-0.25, -0.2) is 4.98 Å². The zero-order chi connectivity index (χ0) is 23.7. The number of carbonyl (C=O) groups is 1. The molecule has 0 bridgehead atoms. The fraction of sp³-hybridized carbons (Fsp3) is 0.321. The Kier molecular flexibility index (Phi) is 6.17. The molecule has 1 spiro atoms. The van der Waals surface area contributed by atoms with Gasteiger partial charge in [-0.2, -0.15) is 0 Å². The molecule has 0 atom stereocenters. The van der Waals surface area contributed by atoms with Crippen molar-refractivity contribution in [1.29, 1.82) is 0 Å². The Morgan fingerprint density at radius 1 is 1.18 bits per heavy atom. The number of fused-ring (bicyclic) bond motifs is 4. The highest BCUT2D eigenvalue weighted by atomic mass is 32.2. The lowest BCUT2D eigenvalue weighted by Crippen LogP contribution is -2.40. The number of rotatable bonds is 6. The maximum Gasteiger partial charge on any atom is 0.258 e. The maximum atomic E-state index is 13.9. The third-order valence-corrected chi connectivity index (χ3v) is 7.98. The van der Waals surface area contributed by atoms with Gasteiger partial charge in [0.05, 0.1) is 17.0 Å². The molecular formula is C28H29N3O2S. The van der Waals surface area contributed by atoms with E-state index in [4.69, 9.17) is 4.98 Å². The van der Waals surface area contributed by atoms with Gasteiger partial charge in [0.15, 0.2) is 5.16 Å². The molecule has 1 amide bonds. The molecule has 6 heteroatoms. The Morgan fingerprint density at radius 2 is 1.91 bits per heavy atom. The molecular weight excluding hydrogens is 442 g/mol. The first-order chi connectivity index (χ1) is 16.5. The van der Waals surface area contributed by atoms with E-state index in [1.54, 1.807) is 10.6 Å². The summed E-state index contributed by atoms with van der Waals surface area (Å²) in [4.78, 5) is 31.6. The Hall–Kier alpha value is -3.12. The summed E-state index contributed by atoms with van der Waals surface area (Å²) in [5.41, 5.74) is 5.75. The third-order valence-electron chi connectivity index (χ3n) is 7.01. The molecule has 174 valence electrons. The van der Waals surface area contributed by atoms with E-state index in [9.17, 15) is 9.59 Å². The van der Waals surface area contributed by atoms with Gasteiger partial charge in [-0.15, -0.1) is 6.58 Å². The van der Waals surface area contributed by atoms with Crippen LogP contribution in [0.15, 0.2) is 71.1 Å². The lowest BCUT2D eigenvalue weighted by atomic mass is 9.68. The molecule has 2 aromatic carbocycles. The van der Waals surface area contributed by atoms with Crippen molar-refractivity contribution in [3.8, 4) is 11.3 Å². The lowest BCUT2D eigenvalue weighted by Gasteiger charge is -2.36. The van der Waals surface area contributed by atoms with Crippen molar-refractivity contribution in [2.75, 3.05) is 11.1 Å². The number of benzene rings is 2. The first-order valence-corrected chi connectivity index (χ1v) is 12.8. The van der Waals surface area contributed by atoms with Crippen LogP contribution in [0.3, 0.4) is 0 Å². The normalized spacial score (nSPS) is 15.6. The summed E-state index contributed by atoms with van der Waals surface area (Å²) < 4.78 is 1.70. The summed E-state index contributed by atoms with van der Waals surface area (Å²) in [6, 6.07) is 16.0. The highest BCUT2D eigenvalue weighted by Gasteiger charge is 2.44. The zero-order valence-corrected chi connectivity index (χ0v) is 20.3. The molecule has 0 aliphatic heterocycles. The number of aryl methyl sites for hydroxylation is 1. The number of hydrogen-bond donors (Lipinski definition) is 1. The van der Waals surface area contributed by atoms with Crippen molar-refractivity contribution in [3.05, 3.63) is 88.2 Å². The smallest absolute Gasteiger partial charge is 0.258 e. The van der Waals surface area contributed by atoms with E-state index in [-0.39, 0.29) is 22.6 Å². The van der Waals surface area contributed by atoms with E-state index in [0.29, 0.717) is 11.7 Å². The molecule has 0 radical (unpaired) electrons. The fourth-order valence-electron chi connectivity index (χ4n) is 5.41. The SMILES string of the molecule is C=CCn1c(SCC(=O)Nc2ccc(C)cc2)nc2c(c1=O)C1(CCCC1)Cc1ccccc1-2. The molecule has 0 saturated heterocycles. The summed E-state index contributed by atoms with van der Waals surface area (Å²) in [5.74, 6) is 0.0434. The number of nitrogens with zero attached hydrogens (tertiary/aromatic N) is 2. The highest BCUT2D eigenvalue weighted by Crippen LogP contribution is 2.49. The largest absolute Gasteiger partial charge is 0.325 e. The Balaban J connectivity index is 1.52. The zero-order valence-electron chi connectivity index (χ0n) is 19.5. The van der Waals surface area contributed by atoms with Crippen LogP contribution >= 0.6 is 11.8 Å². The standard InChI is InChI=1S/C28H29N3O2S/c1-3-16-31-26(33)24-25(22-9-5-4-8-20(22)17-28(24)14-6-7-15-28)30-27(31)34-18-23(32)29-21-12-10-19(2)11-13-21/h3-5,8-13H,1,6-7,14-18H2,2H3,(H,29,32). The quantitative estimate of drug-likeness (QED) is 0.293. The molecule has 2 aliphatic rings. The van der Waals surface area contributed by atoms with Gasteiger partial charge in [0, 0.05) is 23.2 Å². The number of allylic oxidation sites excluding steroid dienone is 1. The Bertz CT molecular complexity index is 1300. The van der Waals surface area contributed by atoms with Gasteiger partial charge in [0.25, 0.3) is 5.56 Å². The molecule has 1 saturated carbocycles. The number of thioether (sulfide) groups is 1. The van der Waals surface area contributed by atoms with Crippen LogP contribution in [-0.4, -0.2) is 21.2 Å². The summed E-state index contributed by atoms with van der Waals surface area (Å²) in [7, 11) is 0. The molecule has 1 N–H and O–H groups in total. The minimum absolute atomic E-state index is 0.0164. The summed E-state index contributed by atoms with van der Waals surface area (Å²) in [6.07, 6.45) is 6.93. The third kappa shape index (κ3) is 4.11. The number of anilines is 1. The molecule has 5 rings (SSSR count). The predicted molar refractivity (Wildman–Crippen MR) is 139 cm³/mol. The van der Waals surface area contributed by atoms with Crippen LogP contribution in [0, 0.1) is 6.92 Å². The van der Waals surface area contributed by atoms with Crippen LogP contribution in [0.2, 0.25) is 0 Å². The second-order valence-corrected chi connectivity index (χ2v) is 10.3. The summed E-state index contributed by atoms with van der Waals surface area (Å²) >= 11 is 1.30. The van der Waals surface area contributed by atoms with Gasteiger partial charge in [0.1, 0.15) is 0 Å². The molecule has 5 nitrogen and oxygen atoms in total. The van der Waals surface area contributed by atoms with Gasteiger partial charge < -0.3 is 5.32 Å². The number of amides is 1. The molecule has 1 aromatic heterocycles. The van der Waals surface area contributed by atoms with Crippen molar-refractivity contribution >= 4 is 23.4 Å². The van der Waals surface area contributed by atoms with Crippen LogP contribution in [0.4, 0.5) is 5.69 Å². The summed E-state index contributed by atoms with van der Waals surface area (Å²) in [6.45, 7) is 6.24. The topological polar surface area (TPSA) is 64.0 Å². The van der Waals surface area contributed by atoms with Crippen molar-refractivity contribution in [1.82, 2.24) is 9.55 Å². The molecule has 0 unspecified atom stereocenters. The van der Waals surface area contributed by atoms with Crippen LogP contribution < -0.4 is 10.9 Å². The maximum absolute atomic E-state index is 13.9. The van der Waals surface area contributed by atoms with Gasteiger partial charge in [-0.3, -0.25) is 14.2 Å². The van der Waals surface area contributed by atoms with E-state index in [1.807, 2.05) is 37.3 Å². The fourth-order valence-corrected chi connectivity index (χ4v) is 6.21. The van der Waals surface area contributed by atoms with Gasteiger partial charge in [-0.05, 0) is 43.9 Å². The van der Waals surface area contributed by atoms with E-state index in [1.165, 1.54) is 17.3 Å². The van der Waals surface area contributed by atoms with Gasteiger partial charge in [0.2, 0.25) is 5.91 Å². The highest BCUT2D eigenvalue weighted by molar-refractivity contribution is 7.99.